The monoisotopic (exact) mass is 352 g/mol. The van der Waals surface area contributed by atoms with Crippen LogP contribution < -0.4 is 5.73 Å². The highest BCUT2D eigenvalue weighted by Gasteiger charge is 2.37. The van der Waals surface area contributed by atoms with Crippen LogP contribution >= 0.6 is 15.9 Å². The van der Waals surface area contributed by atoms with Crippen LogP contribution in [-0.2, 0) is 6.18 Å². The Kier molecular flexibility index (Phi) is 4.32. The van der Waals surface area contributed by atoms with Gasteiger partial charge in [-0.2, -0.15) is 13.2 Å². The SMILES string of the molecule is CN1CC(CN)CC1c1cc(Br)c(O)c(C(F)(F)F)c1. The lowest BCUT2D eigenvalue weighted by molar-refractivity contribution is -0.138. The molecule has 1 aromatic rings. The Hall–Kier alpha value is -0.790. The molecule has 0 aromatic heterocycles. The van der Waals surface area contributed by atoms with Gasteiger partial charge in [0.1, 0.15) is 5.75 Å². The molecule has 0 amide bonds. The van der Waals surface area contributed by atoms with Gasteiger partial charge in [0, 0.05) is 12.6 Å². The third-order valence-corrected chi connectivity index (χ3v) is 4.35. The molecule has 1 saturated heterocycles. The van der Waals surface area contributed by atoms with Crippen LogP contribution in [0.25, 0.3) is 0 Å². The van der Waals surface area contributed by atoms with Crippen LogP contribution in [0, 0.1) is 5.92 Å². The van der Waals surface area contributed by atoms with Gasteiger partial charge in [0.05, 0.1) is 10.0 Å². The number of likely N-dealkylation sites (tertiary alicyclic amines) is 1. The van der Waals surface area contributed by atoms with Gasteiger partial charge >= 0.3 is 6.18 Å². The molecule has 1 heterocycles. The molecule has 0 saturated carbocycles. The Morgan fingerprint density at radius 2 is 2.10 bits per heavy atom. The molecule has 1 fully saturated rings. The summed E-state index contributed by atoms with van der Waals surface area (Å²) in [6.07, 6.45) is -3.85. The lowest BCUT2D eigenvalue weighted by Crippen LogP contribution is -2.21. The van der Waals surface area contributed by atoms with Gasteiger partial charge in [-0.15, -0.1) is 0 Å². The Morgan fingerprint density at radius 1 is 1.45 bits per heavy atom. The zero-order valence-corrected chi connectivity index (χ0v) is 12.5. The second-order valence-electron chi connectivity index (χ2n) is 5.19. The number of benzene rings is 1. The third kappa shape index (κ3) is 2.94. The van der Waals surface area contributed by atoms with Crippen molar-refractivity contribution in [1.82, 2.24) is 4.90 Å². The molecular weight excluding hydrogens is 337 g/mol. The highest BCUT2D eigenvalue weighted by Crippen LogP contribution is 2.43. The predicted octanol–water partition coefficient (Wildman–Crippen LogP) is 3.13. The zero-order chi connectivity index (χ0) is 15.1. The number of aromatic hydroxyl groups is 1. The number of phenols is 1. The predicted molar refractivity (Wildman–Crippen MR) is 73.3 cm³/mol. The molecule has 0 bridgehead atoms. The van der Waals surface area contributed by atoms with E-state index in [1.165, 1.54) is 0 Å². The smallest absolute Gasteiger partial charge is 0.420 e. The molecule has 1 aromatic carbocycles. The number of rotatable bonds is 2. The van der Waals surface area contributed by atoms with Crippen molar-refractivity contribution in [2.24, 2.45) is 11.7 Å². The van der Waals surface area contributed by atoms with Crippen molar-refractivity contribution < 1.29 is 18.3 Å². The van der Waals surface area contributed by atoms with Gasteiger partial charge in [-0.05, 0) is 59.6 Å². The summed E-state index contributed by atoms with van der Waals surface area (Å²) in [5.41, 5.74) is 5.17. The van der Waals surface area contributed by atoms with Gasteiger partial charge in [-0.25, -0.2) is 0 Å². The number of phenolic OH excluding ortho intramolecular Hbond substituents is 1. The van der Waals surface area contributed by atoms with E-state index in [1.54, 1.807) is 6.07 Å². The fourth-order valence-corrected chi connectivity index (χ4v) is 3.17. The minimum Gasteiger partial charge on any atom is -0.506 e. The molecule has 3 nitrogen and oxygen atoms in total. The Balaban J connectivity index is 2.41. The van der Waals surface area contributed by atoms with Crippen LogP contribution in [0.2, 0.25) is 0 Å². The van der Waals surface area contributed by atoms with E-state index in [2.05, 4.69) is 15.9 Å². The molecule has 0 aliphatic carbocycles. The third-order valence-electron chi connectivity index (χ3n) is 3.74. The van der Waals surface area contributed by atoms with E-state index in [0.717, 1.165) is 19.0 Å². The first kappa shape index (κ1) is 15.6. The standard InChI is InChI=1S/C13H16BrF3N2O/c1-19-6-7(5-18)2-11(19)8-3-9(13(15,16)17)12(20)10(14)4-8/h3-4,7,11,20H,2,5-6,18H2,1H3. The van der Waals surface area contributed by atoms with Crippen LogP contribution in [0.5, 0.6) is 5.75 Å². The molecule has 1 aliphatic rings. The number of hydrogen-bond acceptors (Lipinski definition) is 3. The Bertz CT molecular complexity index is 507. The van der Waals surface area contributed by atoms with Gasteiger partial charge in [-0.3, -0.25) is 4.90 Å². The average molecular weight is 353 g/mol. The normalized spacial score (nSPS) is 24.3. The van der Waals surface area contributed by atoms with Crippen molar-refractivity contribution in [3.63, 3.8) is 0 Å². The second-order valence-corrected chi connectivity index (χ2v) is 6.04. The van der Waals surface area contributed by atoms with E-state index < -0.39 is 17.5 Å². The second kappa shape index (κ2) is 5.54. The summed E-state index contributed by atoms with van der Waals surface area (Å²) >= 11 is 3.00. The molecule has 20 heavy (non-hydrogen) atoms. The number of alkyl halides is 3. The van der Waals surface area contributed by atoms with Gasteiger partial charge in [-0.1, -0.05) is 0 Å². The molecule has 2 unspecified atom stereocenters. The van der Waals surface area contributed by atoms with E-state index >= 15 is 0 Å². The number of nitrogens with zero attached hydrogens (tertiary/aromatic N) is 1. The summed E-state index contributed by atoms with van der Waals surface area (Å²) in [6.45, 7) is 1.28. The highest BCUT2D eigenvalue weighted by molar-refractivity contribution is 9.10. The van der Waals surface area contributed by atoms with Crippen LogP contribution in [0.1, 0.15) is 23.6 Å². The van der Waals surface area contributed by atoms with E-state index in [1.807, 2.05) is 11.9 Å². The summed E-state index contributed by atoms with van der Waals surface area (Å²) in [5, 5.41) is 9.56. The minimum atomic E-state index is -4.58. The van der Waals surface area contributed by atoms with Crippen LogP contribution in [0.4, 0.5) is 13.2 Å². The summed E-state index contributed by atoms with van der Waals surface area (Å²) in [4.78, 5) is 2.00. The number of hydrogen-bond donors (Lipinski definition) is 2. The largest absolute Gasteiger partial charge is 0.506 e. The lowest BCUT2D eigenvalue weighted by Gasteiger charge is -2.22. The zero-order valence-electron chi connectivity index (χ0n) is 10.9. The molecule has 3 N–H and O–H groups in total. The van der Waals surface area contributed by atoms with E-state index in [4.69, 9.17) is 5.73 Å². The van der Waals surface area contributed by atoms with Gasteiger partial charge < -0.3 is 10.8 Å². The molecule has 0 spiro atoms. The first-order valence-corrected chi connectivity index (χ1v) is 7.03. The van der Waals surface area contributed by atoms with Crippen LogP contribution in [0.3, 0.4) is 0 Å². The number of nitrogens with two attached hydrogens (primary N) is 1. The summed E-state index contributed by atoms with van der Waals surface area (Å²) in [6, 6.07) is 2.46. The van der Waals surface area contributed by atoms with Crippen molar-refractivity contribution in [3.05, 3.63) is 27.7 Å². The maximum absolute atomic E-state index is 12.9. The molecular formula is C13H16BrF3N2O. The van der Waals surface area contributed by atoms with Crippen molar-refractivity contribution in [2.45, 2.75) is 18.6 Å². The van der Waals surface area contributed by atoms with E-state index in [9.17, 15) is 18.3 Å². The van der Waals surface area contributed by atoms with Crippen molar-refractivity contribution in [2.75, 3.05) is 20.1 Å². The molecule has 1 aliphatic heterocycles. The van der Waals surface area contributed by atoms with Gasteiger partial charge in [0.25, 0.3) is 0 Å². The highest BCUT2D eigenvalue weighted by atomic mass is 79.9. The van der Waals surface area contributed by atoms with Gasteiger partial charge in [0.2, 0.25) is 0 Å². The molecule has 2 rings (SSSR count). The van der Waals surface area contributed by atoms with Gasteiger partial charge in [0.15, 0.2) is 0 Å². The first-order chi connectivity index (χ1) is 9.24. The van der Waals surface area contributed by atoms with E-state index in [0.29, 0.717) is 12.1 Å². The van der Waals surface area contributed by atoms with Crippen LogP contribution in [0.15, 0.2) is 16.6 Å². The Morgan fingerprint density at radius 3 is 2.60 bits per heavy atom. The fraction of sp³-hybridized carbons (Fsp3) is 0.538. The van der Waals surface area contributed by atoms with Crippen molar-refractivity contribution in [1.29, 1.82) is 0 Å². The lowest BCUT2D eigenvalue weighted by atomic mass is 9.98. The number of halogens is 4. The maximum atomic E-state index is 12.9. The summed E-state index contributed by atoms with van der Waals surface area (Å²) in [5.74, 6) is -0.482. The molecule has 2 atom stereocenters. The fourth-order valence-electron chi connectivity index (χ4n) is 2.69. The topological polar surface area (TPSA) is 49.5 Å². The first-order valence-electron chi connectivity index (χ1n) is 6.24. The molecule has 0 radical (unpaired) electrons. The molecule has 112 valence electrons. The summed E-state index contributed by atoms with van der Waals surface area (Å²) in [7, 11) is 1.87. The summed E-state index contributed by atoms with van der Waals surface area (Å²) < 4.78 is 38.8. The quantitative estimate of drug-likeness (QED) is 0.859. The van der Waals surface area contributed by atoms with Crippen molar-refractivity contribution >= 4 is 15.9 Å². The average Bonchev–Trinajstić information content (AvgIpc) is 2.72. The Labute approximate surface area is 123 Å². The van der Waals surface area contributed by atoms with Crippen molar-refractivity contribution in [3.8, 4) is 5.75 Å². The van der Waals surface area contributed by atoms with Crippen LogP contribution in [-0.4, -0.2) is 30.1 Å². The minimum absolute atomic E-state index is 0.0620. The maximum Gasteiger partial charge on any atom is 0.420 e. The van der Waals surface area contributed by atoms with E-state index in [-0.39, 0.29) is 16.4 Å². The molecule has 7 heteroatoms.